The van der Waals surface area contributed by atoms with Gasteiger partial charge in [0.25, 0.3) is 5.91 Å². The third-order valence-electron chi connectivity index (χ3n) is 4.68. The van der Waals surface area contributed by atoms with Crippen LogP contribution in [0.5, 0.6) is 0 Å². The van der Waals surface area contributed by atoms with Crippen molar-refractivity contribution in [2.24, 2.45) is 0 Å². The van der Waals surface area contributed by atoms with Crippen molar-refractivity contribution < 1.29 is 4.79 Å². The van der Waals surface area contributed by atoms with Gasteiger partial charge in [-0.3, -0.25) is 9.78 Å². The quantitative estimate of drug-likeness (QED) is 0.823. The second-order valence-corrected chi connectivity index (χ2v) is 7.57. The maximum Gasteiger partial charge on any atom is 0.266 e. The molecule has 3 rings (SSSR count). The van der Waals surface area contributed by atoms with E-state index in [4.69, 9.17) is 0 Å². The molecule has 0 spiro atoms. The predicted octanol–water partition coefficient (Wildman–Crippen LogP) is 4.04. The zero-order chi connectivity index (χ0) is 16.9. The van der Waals surface area contributed by atoms with Gasteiger partial charge in [0.1, 0.15) is 4.88 Å². The van der Waals surface area contributed by atoms with E-state index in [1.165, 1.54) is 6.42 Å². The molecule has 128 valence electrons. The fraction of sp³-hybridized carbons (Fsp3) is 0.526. The highest BCUT2D eigenvalue weighted by molar-refractivity contribution is 7.13. The summed E-state index contributed by atoms with van der Waals surface area (Å²) in [5.74, 6) is 0.183. The van der Waals surface area contributed by atoms with Crippen LogP contribution in [0, 0.1) is 6.92 Å². The number of carbonyl (C=O) groups excluding carboxylic acids is 1. The van der Waals surface area contributed by atoms with Crippen molar-refractivity contribution in [3.63, 3.8) is 0 Å². The van der Waals surface area contributed by atoms with Gasteiger partial charge in [-0.1, -0.05) is 13.0 Å². The van der Waals surface area contributed by atoms with Gasteiger partial charge in [-0.25, -0.2) is 4.98 Å². The number of aromatic nitrogens is 2. The molecule has 1 aliphatic rings. The Morgan fingerprint density at radius 3 is 3.00 bits per heavy atom. The first-order valence-corrected chi connectivity index (χ1v) is 9.68. The molecule has 0 saturated carbocycles. The van der Waals surface area contributed by atoms with Crippen LogP contribution in [0.25, 0.3) is 0 Å². The molecule has 1 aliphatic heterocycles. The molecule has 2 aromatic heterocycles. The molecule has 24 heavy (non-hydrogen) atoms. The fourth-order valence-corrected chi connectivity index (χ4v) is 4.40. The Bertz CT molecular complexity index is 683. The Kier molecular flexibility index (Phi) is 5.61. The van der Waals surface area contributed by atoms with E-state index >= 15 is 0 Å². The monoisotopic (exact) mass is 343 g/mol. The van der Waals surface area contributed by atoms with Crippen LogP contribution in [-0.4, -0.2) is 33.4 Å². The largest absolute Gasteiger partial charge is 0.335 e. The van der Waals surface area contributed by atoms with E-state index in [0.717, 1.165) is 59.9 Å². The third kappa shape index (κ3) is 3.83. The van der Waals surface area contributed by atoms with Crippen LogP contribution in [0.1, 0.15) is 58.7 Å². The Hall–Kier alpha value is -1.75. The highest BCUT2D eigenvalue weighted by Crippen LogP contribution is 2.27. The Morgan fingerprint density at radius 2 is 2.25 bits per heavy atom. The number of thiazole rings is 1. The molecule has 0 unspecified atom stereocenters. The standard InChI is InChI=1S/C19H25N3OS/c1-3-17-18(24-14(2)21-17)19(23)22-13-7-5-9-16(22)11-10-15-8-4-6-12-20-15/h4,6,8,12,16H,3,5,7,9-11,13H2,1-2H3/t16-/m1/s1. The van der Waals surface area contributed by atoms with Gasteiger partial charge in [0.05, 0.1) is 10.7 Å². The molecule has 0 radical (unpaired) electrons. The van der Waals surface area contributed by atoms with Gasteiger partial charge in [0, 0.05) is 24.5 Å². The van der Waals surface area contributed by atoms with Crippen molar-refractivity contribution in [3.05, 3.63) is 45.7 Å². The van der Waals surface area contributed by atoms with Gasteiger partial charge in [-0.05, 0) is 57.6 Å². The first kappa shape index (κ1) is 17.1. The van der Waals surface area contributed by atoms with Gasteiger partial charge < -0.3 is 4.90 Å². The smallest absolute Gasteiger partial charge is 0.266 e. The maximum atomic E-state index is 13.1. The summed E-state index contributed by atoms with van der Waals surface area (Å²) in [5.41, 5.74) is 2.06. The van der Waals surface area contributed by atoms with Crippen LogP contribution in [0.15, 0.2) is 24.4 Å². The summed E-state index contributed by atoms with van der Waals surface area (Å²) in [4.78, 5) is 25.0. The van der Waals surface area contributed by atoms with Crippen molar-refractivity contribution in [1.29, 1.82) is 0 Å². The van der Waals surface area contributed by atoms with E-state index in [9.17, 15) is 4.79 Å². The highest BCUT2D eigenvalue weighted by Gasteiger charge is 2.29. The third-order valence-corrected chi connectivity index (χ3v) is 5.68. The number of carbonyl (C=O) groups is 1. The average Bonchev–Trinajstić information content (AvgIpc) is 3.01. The van der Waals surface area contributed by atoms with Gasteiger partial charge in [-0.15, -0.1) is 11.3 Å². The number of nitrogens with zero attached hydrogens (tertiary/aromatic N) is 3. The second kappa shape index (κ2) is 7.88. The number of amides is 1. The molecule has 0 bridgehead atoms. The zero-order valence-corrected chi connectivity index (χ0v) is 15.3. The molecule has 1 atom stereocenters. The van der Waals surface area contributed by atoms with Crippen LogP contribution >= 0.6 is 11.3 Å². The number of rotatable bonds is 5. The molecule has 0 N–H and O–H groups in total. The molecular weight excluding hydrogens is 318 g/mol. The summed E-state index contributed by atoms with van der Waals surface area (Å²) in [6.07, 6.45) is 7.98. The number of piperidine rings is 1. The lowest BCUT2D eigenvalue weighted by atomic mass is 9.96. The molecule has 5 heteroatoms. The molecule has 3 heterocycles. The van der Waals surface area contributed by atoms with Crippen LogP contribution in [0.2, 0.25) is 0 Å². The fourth-order valence-electron chi connectivity index (χ4n) is 3.44. The normalized spacial score (nSPS) is 17.9. The number of likely N-dealkylation sites (tertiary alicyclic amines) is 1. The van der Waals surface area contributed by atoms with Crippen molar-refractivity contribution in [3.8, 4) is 0 Å². The minimum Gasteiger partial charge on any atom is -0.335 e. The summed E-state index contributed by atoms with van der Waals surface area (Å²) < 4.78 is 0. The SMILES string of the molecule is CCc1nc(C)sc1C(=O)N1CCCC[C@@H]1CCc1ccccn1. The van der Waals surface area contributed by atoms with Crippen LogP contribution in [-0.2, 0) is 12.8 Å². The lowest BCUT2D eigenvalue weighted by molar-refractivity contribution is 0.0605. The molecule has 4 nitrogen and oxygen atoms in total. The van der Waals surface area contributed by atoms with Crippen molar-refractivity contribution in [1.82, 2.24) is 14.9 Å². The van der Waals surface area contributed by atoms with E-state index in [0.29, 0.717) is 6.04 Å². The van der Waals surface area contributed by atoms with Gasteiger partial charge in [0.2, 0.25) is 0 Å². The van der Waals surface area contributed by atoms with Crippen LogP contribution in [0.4, 0.5) is 0 Å². The first-order valence-electron chi connectivity index (χ1n) is 8.86. The summed E-state index contributed by atoms with van der Waals surface area (Å²) in [7, 11) is 0. The Labute approximate surface area is 147 Å². The van der Waals surface area contributed by atoms with Gasteiger partial charge >= 0.3 is 0 Å². The molecule has 1 amide bonds. The van der Waals surface area contributed by atoms with E-state index in [1.807, 2.05) is 25.3 Å². The lowest BCUT2D eigenvalue weighted by Crippen LogP contribution is -2.44. The van der Waals surface area contributed by atoms with Crippen molar-refractivity contribution in [2.75, 3.05) is 6.54 Å². The van der Waals surface area contributed by atoms with Crippen molar-refractivity contribution >= 4 is 17.2 Å². The van der Waals surface area contributed by atoms with E-state index in [2.05, 4.69) is 27.9 Å². The van der Waals surface area contributed by atoms with E-state index in [1.54, 1.807) is 11.3 Å². The average molecular weight is 343 g/mol. The number of hydrogen-bond donors (Lipinski definition) is 0. The molecule has 1 fully saturated rings. The van der Waals surface area contributed by atoms with Crippen LogP contribution < -0.4 is 0 Å². The summed E-state index contributed by atoms with van der Waals surface area (Å²) in [6.45, 7) is 4.92. The van der Waals surface area contributed by atoms with Gasteiger partial charge in [0.15, 0.2) is 0 Å². The lowest BCUT2D eigenvalue weighted by Gasteiger charge is -2.35. The molecule has 0 aliphatic carbocycles. The first-order chi connectivity index (χ1) is 11.7. The minimum absolute atomic E-state index is 0.183. The highest BCUT2D eigenvalue weighted by atomic mass is 32.1. The number of hydrogen-bond acceptors (Lipinski definition) is 4. The Morgan fingerprint density at radius 1 is 1.38 bits per heavy atom. The molecule has 1 saturated heterocycles. The number of aryl methyl sites for hydroxylation is 3. The number of pyridine rings is 1. The second-order valence-electron chi connectivity index (χ2n) is 6.37. The summed E-state index contributed by atoms with van der Waals surface area (Å²) in [6, 6.07) is 6.36. The molecule has 2 aromatic rings. The summed E-state index contributed by atoms with van der Waals surface area (Å²) in [5, 5.41) is 0.984. The van der Waals surface area contributed by atoms with Crippen molar-refractivity contribution in [2.45, 2.75) is 58.4 Å². The van der Waals surface area contributed by atoms with Gasteiger partial charge in [-0.2, -0.15) is 0 Å². The molecular formula is C19H25N3OS. The minimum atomic E-state index is 0.183. The Balaban J connectivity index is 1.72. The van der Waals surface area contributed by atoms with E-state index < -0.39 is 0 Å². The maximum absolute atomic E-state index is 13.1. The summed E-state index contributed by atoms with van der Waals surface area (Å²) >= 11 is 1.54. The zero-order valence-electron chi connectivity index (χ0n) is 14.5. The predicted molar refractivity (Wildman–Crippen MR) is 97.5 cm³/mol. The van der Waals surface area contributed by atoms with Crippen LogP contribution in [0.3, 0.4) is 0 Å². The topological polar surface area (TPSA) is 46.1 Å². The van der Waals surface area contributed by atoms with E-state index in [-0.39, 0.29) is 5.91 Å². The molecule has 0 aromatic carbocycles.